The van der Waals surface area contributed by atoms with Crippen LogP contribution in [0.3, 0.4) is 0 Å². The van der Waals surface area contributed by atoms with E-state index in [-0.39, 0.29) is 0 Å². The molecule has 5 heteroatoms. The lowest BCUT2D eigenvalue weighted by Crippen LogP contribution is -2.44. The molecule has 0 radical (unpaired) electrons. The molecule has 1 saturated heterocycles. The Morgan fingerprint density at radius 3 is 2.94 bits per heavy atom. The Hall–Kier alpha value is -0.620. The number of ether oxygens (including phenoxy) is 1. The monoisotopic (exact) mass is 255 g/mol. The fourth-order valence-electron chi connectivity index (χ4n) is 2.00. The van der Waals surface area contributed by atoms with Crippen LogP contribution in [0.5, 0.6) is 0 Å². The number of nitrogen functional groups attached to an aromatic ring is 1. The summed E-state index contributed by atoms with van der Waals surface area (Å²) < 4.78 is 5.34. The van der Waals surface area contributed by atoms with E-state index in [0.717, 1.165) is 45.1 Å². The highest BCUT2D eigenvalue weighted by Crippen LogP contribution is 2.18. The van der Waals surface area contributed by atoms with Crippen molar-refractivity contribution in [3.63, 3.8) is 0 Å². The second kappa shape index (κ2) is 6.35. The van der Waals surface area contributed by atoms with Crippen molar-refractivity contribution in [3.05, 3.63) is 16.3 Å². The van der Waals surface area contributed by atoms with Crippen LogP contribution in [-0.4, -0.2) is 43.8 Å². The third-order valence-electron chi connectivity index (χ3n) is 3.03. The van der Waals surface area contributed by atoms with Gasteiger partial charge in [0.2, 0.25) is 0 Å². The summed E-state index contributed by atoms with van der Waals surface area (Å²) in [5, 5.41) is 5.56. The molecule has 17 heavy (non-hydrogen) atoms. The first-order valence-corrected chi connectivity index (χ1v) is 6.99. The van der Waals surface area contributed by atoms with E-state index in [1.54, 1.807) is 11.3 Å². The highest BCUT2D eigenvalue weighted by molar-refractivity contribution is 7.10. The van der Waals surface area contributed by atoms with E-state index in [1.807, 2.05) is 11.4 Å². The molecule has 1 aromatic rings. The van der Waals surface area contributed by atoms with Crippen LogP contribution in [0.2, 0.25) is 0 Å². The number of morpholine rings is 1. The zero-order chi connectivity index (χ0) is 12.1. The van der Waals surface area contributed by atoms with E-state index in [2.05, 4.69) is 17.1 Å². The molecule has 96 valence electrons. The second-order valence-corrected chi connectivity index (χ2v) is 5.49. The van der Waals surface area contributed by atoms with Crippen molar-refractivity contribution in [2.45, 2.75) is 19.5 Å². The van der Waals surface area contributed by atoms with Gasteiger partial charge < -0.3 is 15.8 Å². The molecule has 0 saturated carbocycles. The summed E-state index contributed by atoms with van der Waals surface area (Å²) in [7, 11) is 0. The molecule has 0 bridgehead atoms. The minimum absolute atomic E-state index is 0.481. The molecule has 1 unspecified atom stereocenters. The van der Waals surface area contributed by atoms with Crippen LogP contribution in [0.25, 0.3) is 0 Å². The fraction of sp³-hybridized carbons (Fsp3) is 0.667. The Balaban J connectivity index is 1.70. The van der Waals surface area contributed by atoms with Crippen molar-refractivity contribution in [1.82, 2.24) is 10.2 Å². The van der Waals surface area contributed by atoms with E-state index < -0.39 is 0 Å². The molecule has 1 fully saturated rings. The van der Waals surface area contributed by atoms with E-state index in [9.17, 15) is 0 Å². The number of anilines is 1. The molecule has 1 atom stereocenters. The number of nitrogens with one attached hydrogen (secondary N) is 1. The van der Waals surface area contributed by atoms with Crippen molar-refractivity contribution in [1.29, 1.82) is 0 Å². The number of hydrogen-bond donors (Lipinski definition) is 2. The van der Waals surface area contributed by atoms with Crippen molar-refractivity contribution in [2.24, 2.45) is 0 Å². The third-order valence-corrected chi connectivity index (χ3v) is 3.96. The van der Waals surface area contributed by atoms with Crippen LogP contribution in [0.15, 0.2) is 11.4 Å². The molecule has 4 nitrogen and oxygen atoms in total. The van der Waals surface area contributed by atoms with Crippen LogP contribution in [-0.2, 0) is 11.3 Å². The molecule has 0 spiro atoms. The van der Waals surface area contributed by atoms with Crippen molar-refractivity contribution in [2.75, 3.05) is 38.6 Å². The average molecular weight is 255 g/mol. The van der Waals surface area contributed by atoms with Crippen LogP contribution in [0.4, 0.5) is 5.69 Å². The molecule has 2 heterocycles. The third kappa shape index (κ3) is 3.96. The lowest BCUT2D eigenvalue weighted by molar-refractivity contribution is 0.0343. The maximum absolute atomic E-state index is 5.85. The van der Waals surface area contributed by atoms with Gasteiger partial charge in [0, 0.05) is 42.8 Å². The zero-order valence-corrected chi connectivity index (χ0v) is 11.1. The van der Waals surface area contributed by atoms with Gasteiger partial charge in [0.05, 0.1) is 13.2 Å². The van der Waals surface area contributed by atoms with Gasteiger partial charge in [0.1, 0.15) is 0 Å². The minimum Gasteiger partial charge on any atom is -0.398 e. The Morgan fingerprint density at radius 2 is 2.29 bits per heavy atom. The lowest BCUT2D eigenvalue weighted by Gasteiger charge is -2.29. The molecule has 1 aromatic heterocycles. The lowest BCUT2D eigenvalue weighted by atomic mass is 10.2. The van der Waals surface area contributed by atoms with Gasteiger partial charge >= 0.3 is 0 Å². The van der Waals surface area contributed by atoms with Crippen LogP contribution >= 0.6 is 11.3 Å². The summed E-state index contributed by atoms with van der Waals surface area (Å²) in [6.45, 7) is 8.00. The van der Waals surface area contributed by atoms with E-state index >= 15 is 0 Å². The maximum Gasteiger partial charge on any atom is 0.0594 e. The van der Waals surface area contributed by atoms with Crippen molar-refractivity contribution >= 4 is 17.0 Å². The van der Waals surface area contributed by atoms with Gasteiger partial charge in [-0.05, 0) is 18.4 Å². The van der Waals surface area contributed by atoms with Gasteiger partial charge in [-0.1, -0.05) is 0 Å². The first-order valence-electron chi connectivity index (χ1n) is 6.11. The SMILES string of the molecule is CC(CN1CCOCC1)NCc1sccc1N. The standard InChI is InChI=1S/C12H21N3OS/c1-10(9-15-3-5-16-6-4-15)14-8-12-11(13)2-7-17-12/h2,7,10,14H,3-6,8-9,13H2,1H3. The van der Waals surface area contributed by atoms with Gasteiger partial charge in [-0.15, -0.1) is 11.3 Å². The van der Waals surface area contributed by atoms with Crippen molar-refractivity contribution < 1.29 is 4.74 Å². The molecule has 0 aromatic carbocycles. The Morgan fingerprint density at radius 1 is 1.53 bits per heavy atom. The molecule has 0 aliphatic carbocycles. The predicted molar refractivity (Wildman–Crippen MR) is 72.3 cm³/mol. The maximum atomic E-state index is 5.85. The largest absolute Gasteiger partial charge is 0.398 e. The van der Waals surface area contributed by atoms with E-state index in [4.69, 9.17) is 10.5 Å². The Bertz CT molecular complexity index is 336. The molecular formula is C12H21N3OS. The van der Waals surface area contributed by atoms with Crippen LogP contribution < -0.4 is 11.1 Å². The minimum atomic E-state index is 0.481. The smallest absolute Gasteiger partial charge is 0.0594 e. The van der Waals surface area contributed by atoms with Gasteiger partial charge in [-0.2, -0.15) is 0 Å². The highest BCUT2D eigenvalue weighted by atomic mass is 32.1. The average Bonchev–Trinajstić information content (AvgIpc) is 2.74. The summed E-state index contributed by atoms with van der Waals surface area (Å²) in [5.41, 5.74) is 6.76. The van der Waals surface area contributed by atoms with Crippen LogP contribution in [0, 0.1) is 0 Å². The zero-order valence-electron chi connectivity index (χ0n) is 10.3. The summed E-state index contributed by atoms with van der Waals surface area (Å²) in [6, 6.07) is 2.45. The first-order chi connectivity index (χ1) is 8.25. The van der Waals surface area contributed by atoms with Gasteiger partial charge in [-0.3, -0.25) is 4.90 Å². The summed E-state index contributed by atoms with van der Waals surface area (Å²) >= 11 is 1.72. The Kier molecular flexibility index (Phi) is 4.79. The van der Waals surface area contributed by atoms with E-state index in [0.29, 0.717) is 6.04 Å². The number of rotatable bonds is 5. The number of hydrogen-bond acceptors (Lipinski definition) is 5. The molecule has 1 aliphatic heterocycles. The number of thiophene rings is 1. The molecular weight excluding hydrogens is 234 g/mol. The summed E-state index contributed by atoms with van der Waals surface area (Å²) in [4.78, 5) is 3.68. The number of nitrogens with zero attached hydrogens (tertiary/aromatic N) is 1. The van der Waals surface area contributed by atoms with Gasteiger partial charge in [-0.25, -0.2) is 0 Å². The normalized spacial score (nSPS) is 19.4. The summed E-state index contributed by atoms with van der Waals surface area (Å²) in [6.07, 6.45) is 0. The van der Waals surface area contributed by atoms with Gasteiger partial charge in [0.25, 0.3) is 0 Å². The summed E-state index contributed by atoms with van der Waals surface area (Å²) in [5.74, 6) is 0. The quantitative estimate of drug-likeness (QED) is 0.828. The molecule has 0 amide bonds. The molecule has 2 rings (SSSR count). The second-order valence-electron chi connectivity index (χ2n) is 4.49. The molecule has 3 N–H and O–H groups in total. The van der Waals surface area contributed by atoms with Gasteiger partial charge in [0.15, 0.2) is 0 Å². The Labute approximate surface area is 107 Å². The van der Waals surface area contributed by atoms with Crippen LogP contribution in [0.1, 0.15) is 11.8 Å². The topological polar surface area (TPSA) is 50.5 Å². The fourth-order valence-corrected chi connectivity index (χ4v) is 2.75. The first kappa shape index (κ1) is 12.8. The van der Waals surface area contributed by atoms with Crippen molar-refractivity contribution in [3.8, 4) is 0 Å². The van der Waals surface area contributed by atoms with E-state index in [1.165, 1.54) is 4.88 Å². The molecule has 1 aliphatic rings. The number of nitrogens with two attached hydrogens (primary N) is 1. The predicted octanol–water partition coefficient (Wildman–Crippen LogP) is 1.14. The highest BCUT2D eigenvalue weighted by Gasteiger charge is 2.13.